The first-order valence-corrected chi connectivity index (χ1v) is 10.5. The summed E-state index contributed by atoms with van der Waals surface area (Å²) in [5.74, 6) is -3.36. The smallest absolute Gasteiger partial charge is 0.412 e. The van der Waals surface area contributed by atoms with Gasteiger partial charge in [0.1, 0.15) is 16.6 Å². The van der Waals surface area contributed by atoms with E-state index in [2.05, 4.69) is 0 Å². The topological polar surface area (TPSA) is 124 Å². The quantitative estimate of drug-likeness (QED) is 0.334. The van der Waals surface area contributed by atoms with Gasteiger partial charge in [-0.3, -0.25) is 15.0 Å². The number of nitro benzene ring substituents is 1. The highest BCUT2D eigenvalue weighted by Gasteiger charge is 2.31. The number of amides is 1. The standard InChI is InChI=1S/C22H19F2N3O6S/c1-25(2)10-15-18(21(28)29)20(34-19(15)12-6-8-13(9-7-12)27(32)33)26(22(30)31)11-14-16(23)4-3-5-17(14)24/h3-9H,10-11H2,1-2H3,(H,28,29)(H,30,31). The third-order valence-corrected chi connectivity index (χ3v) is 6.18. The Morgan fingerprint density at radius 1 is 1.00 bits per heavy atom. The number of aromatic carboxylic acids is 1. The Bertz CT molecular complexity index is 1240. The van der Waals surface area contributed by atoms with E-state index in [0.29, 0.717) is 15.3 Å². The van der Waals surface area contributed by atoms with Crippen LogP contribution in [-0.4, -0.2) is 46.2 Å². The number of hydrogen-bond acceptors (Lipinski definition) is 6. The second-order valence-electron chi connectivity index (χ2n) is 7.51. The molecule has 0 radical (unpaired) electrons. The molecule has 2 N–H and O–H groups in total. The number of nitrogens with zero attached hydrogens (tertiary/aromatic N) is 3. The van der Waals surface area contributed by atoms with Gasteiger partial charge in [0.15, 0.2) is 0 Å². The monoisotopic (exact) mass is 491 g/mol. The minimum atomic E-state index is -1.60. The minimum absolute atomic E-state index is 0.103. The average Bonchev–Trinajstić information content (AvgIpc) is 3.11. The van der Waals surface area contributed by atoms with Gasteiger partial charge in [-0.2, -0.15) is 0 Å². The maximum Gasteiger partial charge on any atom is 0.412 e. The van der Waals surface area contributed by atoms with E-state index in [-0.39, 0.29) is 28.4 Å². The second kappa shape index (κ2) is 9.93. The predicted octanol–water partition coefficient (Wildman–Crippen LogP) is 5.05. The molecule has 2 aromatic carbocycles. The van der Waals surface area contributed by atoms with Crippen molar-refractivity contribution in [3.8, 4) is 10.4 Å². The van der Waals surface area contributed by atoms with Crippen LogP contribution in [0, 0.1) is 21.7 Å². The van der Waals surface area contributed by atoms with Crippen LogP contribution in [0.25, 0.3) is 10.4 Å². The molecule has 9 nitrogen and oxygen atoms in total. The summed E-state index contributed by atoms with van der Waals surface area (Å²) in [7, 11) is 3.37. The fraction of sp³-hybridized carbons (Fsp3) is 0.182. The lowest BCUT2D eigenvalue weighted by Crippen LogP contribution is -2.30. The highest BCUT2D eigenvalue weighted by atomic mass is 32.1. The molecule has 1 aromatic heterocycles. The van der Waals surface area contributed by atoms with Crippen LogP contribution in [0.5, 0.6) is 0 Å². The number of thiophene rings is 1. The van der Waals surface area contributed by atoms with Gasteiger partial charge >= 0.3 is 12.1 Å². The lowest BCUT2D eigenvalue weighted by atomic mass is 10.0. The SMILES string of the molecule is CN(C)Cc1c(-c2ccc([N+](=O)[O-])cc2)sc(N(Cc2c(F)cccc2F)C(=O)O)c1C(=O)O. The van der Waals surface area contributed by atoms with Crippen molar-refractivity contribution in [3.05, 3.63) is 80.9 Å². The number of hydrogen-bond donors (Lipinski definition) is 2. The first-order valence-electron chi connectivity index (χ1n) is 9.73. The number of carbonyl (C=O) groups is 2. The third kappa shape index (κ3) is 5.02. The van der Waals surface area contributed by atoms with E-state index in [4.69, 9.17) is 0 Å². The van der Waals surface area contributed by atoms with Gasteiger partial charge in [0.25, 0.3) is 5.69 Å². The van der Waals surface area contributed by atoms with E-state index in [9.17, 15) is 38.7 Å². The molecule has 0 unspecified atom stereocenters. The van der Waals surface area contributed by atoms with Crippen LogP contribution in [0.15, 0.2) is 42.5 Å². The van der Waals surface area contributed by atoms with Crippen molar-refractivity contribution in [1.29, 1.82) is 0 Å². The zero-order valence-corrected chi connectivity index (χ0v) is 18.8. The fourth-order valence-corrected chi connectivity index (χ4v) is 4.67. The molecule has 0 aliphatic carbocycles. The summed E-state index contributed by atoms with van der Waals surface area (Å²) in [4.78, 5) is 37.4. The number of benzene rings is 2. The number of rotatable bonds is 8. The Kier molecular flexibility index (Phi) is 7.23. The summed E-state index contributed by atoms with van der Waals surface area (Å²) in [6, 6.07) is 8.45. The van der Waals surface area contributed by atoms with Gasteiger partial charge in [0.2, 0.25) is 0 Å². The van der Waals surface area contributed by atoms with Gasteiger partial charge in [-0.15, -0.1) is 11.3 Å². The van der Waals surface area contributed by atoms with Crippen molar-refractivity contribution < 1.29 is 33.5 Å². The van der Waals surface area contributed by atoms with Crippen LogP contribution in [0.3, 0.4) is 0 Å². The molecule has 0 saturated heterocycles. The van der Waals surface area contributed by atoms with Gasteiger partial charge in [-0.1, -0.05) is 6.07 Å². The van der Waals surface area contributed by atoms with Crippen LogP contribution in [-0.2, 0) is 13.1 Å². The van der Waals surface area contributed by atoms with E-state index in [1.54, 1.807) is 19.0 Å². The predicted molar refractivity (Wildman–Crippen MR) is 121 cm³/mol. The van der Waals surface area contributed by atoms with Crippen molar-refractivity contribution in [3.63, 3.8) is 0 Å². The minimum Gasteiger partial charge on any atom is -0.478 e. The number of halogens is 2. The maximum atomic E-state index is 14.2. The summed E-state index contributed by atoms with van der Waals surface area (Å²) >= 11 is 0.814. The number of carboxylic acids is 1. The van der Waals surface area contributed by atoms with Crippen LogP contribution < -0.4 is 4.90 Å². The first-order chi connectivity index (χ1) is 16.0. The fourth-order valence-electron chi connectivity index (χ4n) is 3.37. The molecule has 1 amide bonds. The molecule has 178 valence electrons. The maximum absolute atomic E-state index is 14.2. The molecular weight excluding hydrogens is 472 g/mol. The Morgan fingerprint density at radius 3 is 2.06 bits per heavy atom. The van der Waals surface area contributed by atoms with E-state index in [0.717, 1.165) is 29.5 Å². The van der Waals surface area contributed by atoms with Gasteiger partial charge in [0.05, 0.1) is 17.0 Å². The van der Waals surface area contributed by atoms with Crippen LogP contribution in [0.1, 0.15) is 21.5 Å². The molecule has 0 fully saturated rings. The van der Waals surface area contributed by atoms with E-state index in [1.807, 2.05) is 0 Å². The van der Waals surface area contributed by atoms with Gasteiger partial charge in [-0.25, -0.2) is 18.4 Å². The zero-order chi connectivity index (χ0) is 25.2. The lowest BCUT2D eigenvalue weighted by Gasteiger charge is -2.19. The molecule has 3 rings (SSSR count). The van der Waals surface area contributed by atoms with Gasteiger partial charge in [0, 0.05) is 34.7 Å². The Hall–Kier alpha value is -3.90. The first kappa shape index (κ1) is 24.7. The highest BCUT2D eigenvalue weighted by molar-refractivity contribution is 7.20. The lowest BCUT2D eigenvalue weighted by molar-refractivity contribution is -0.384. The summed E-state index contributed by atoms with van der Waals surface area (Å²) < 4.78 is 28.5. The van der Waals surface area contributed by atoms with Gasteiger partial charge in [-0.05, 0) is 43.9 Å². The van der Waals surface area contributed by atoms with Crippen LogP contribution >= 0.6 is 11.3 Å². The van der Waals surface area contributed by atoms with Crippen molar-refractivity contribution in [1.82, 2.24) is 4.90 Å². The number of nitro groups is 1. The van der Waals surface area contributed by atoms with Crippen molar-refractivity contribution in [2.75, 3.05) is 19.0 Å². The molecule has 0 aliphatic rings. The normalized spacial score (nSPS) is 11.0. The molecule has 0 aliphatic heterocycles. The molecule has 34 heavy (non-hydrogen) atoms. The highest BCUT2D eigenvalue weighted by Crippen LogP contribution is 2.44. The molecule has 0 atom stereocenters. The molecule has 3 aromatic rings. The molecule has 0 saturated carbocycles. The Morgan fingerprint density at radius 2 is 1.59 bits per heavy atom. The molecule has 1 heterocycles. The van der Waals surface area contributed by atoms with Crippen LogP contribution in [0.4, 0.5) is 24.3 Å². The zero-order valence-electron chi connectivity index (χ0n) is 18.0. The van der Waals surface area contributed by atoms with E-state index < -0.39 is 40.7 Å². The second-order valence-corrected chi connectivity index (χ2v) is 8.50. The number of carboxylic acid groups (broad SMARTS) is 2. The Balaban J connectivity index is 2.23. The molecule has 12 heteroatoms. The van der Waals surface area contributed by atoms with Crippen molar-refractivity contribution in [2.45, 2.75) is 13.1 Å². The summed E-state index contributed by atoms with van der Waals surface area (Å²) in [6.07, 6.45) is -1.60. The summed E-state index contributed by atoms with van der Waals surface area (Å²) in [5.41, 5.74) is -0.322. The van der Waals surface area contributed by atoms with Crippen molar-refractivity contribution >= 4 is 34.1 Å². The summed E-state index contributed by atoms with van der Waals surface area (Å²) in [5, 5.41) is 30.6. The molecule has 0 spiro atoms. The van der Waals surface area contributed by atoms with E-state index in [1.165, 1.54) is 24.3 Å². The molecule has 0 bridgehead atoms. The van der Waals surface area contributed by atoms with E-state index >= 15 is 0 Å². The van der Waals surface area contributed by atoms with Crippen molar-refractivity contribution in [2.24, 2.45) is 0 Å². The third-order valence-electron chi connectivity index (χ3n) is 4.87. The number of non-ortho nitro benzene ring substituents is 1. The van der Waals surface area contributed by atoms with Gasteiger partial charge < -0.3 is 15.1 Å². The average molecular weight is 491 g/mol. The Labute approximate surface area is 196 Å². The molecular formula is C22H19F2N3O6S. The largest absolute Gasteiger partial charge is 0.478 e. The summed E-state index contributed by atoms with van der Waals surface area (Å²) in [6.45, 7) is -0.651. The number of anilines is 1. The van der Waals surface area contributed by atoms with Crippen LogP contribution in [0.2, 0.25) is 0 Å².